The lowest BCUT2D eigenvalue weighted by molar-refractivity contribution is 0.613. The molecule has 2 fully saturated rings. The van der Waals surface area contributed by atoms with Crippen molar-refractivity contribution in [2.24, 2.45) is 0 Å². The summed E-state index contributed by atoms with van der Waals surface area (Å²) in [6.45, 7) is 2.13. The molecular weight excluding hydrogens is 446 g/mol. The third-order valence-electron chi connectivity index (χ3n) is 7.49. The third kappa shape index (κ3) is 4.00. The molecule has 3 aromatic heterocycles. The number of rotatable bonds is 5. The van der Waals surface area contributed by atoms with Crippen LogP contribution in [0.2, 0.25) is 0 Å². The van der Waals surface area contributed by atoms with Crippen LogP contribution >= 0.6 is 0 Å². The number of hydrogen-bond donors (Lipinski definition) is 4. The summed E-state index contributed by atoms with van der Waals surface area (Å²) >= 11 is 0. The second-order valence-corrected chi connectivity index (χ2v) is 9.87. The molecule has 0 bridgehead atoms. The molecule has 0 amide bonds. The lowest BCUT2D eigenvalue weighted by atomic mass is 10.0. The zero-order chi connectivity index (χ0) is 23.9. The van der Waals surface area contributed by atoms with Crippen LogP contribution in [0.4, 0.5) is 0 Å². The molecule has 180 valence electrons. The van der Waals surface area contributed by atoms with Crippen LogP contribution in [0.1, 0.15) is 49.4 Å². The molecule has 7 rings (SSSR count). The molecule has 0 aliphatic carbocycles. The van der Waals surface area contributed by atoms with Gasteiger partial charge in [0.1, 0.15) is 11.6 Å². The van der Waals surface area contributed by atoms with E-state index < -0.39 is 0 Å². The van der Waals surface area contributed by atoms with Crippen molar-refractivity contribution in [3.63, 3.8) is 0 Å². The average molecular weight is 476 g/mol. The fraction of sp³-hybridized carbons (Fsp3) is 0.276. The van der Waals surface area contributed by atoms with Crippen molar-refractivity contribution in [2.75, 3.05) is 13.1 Å². The van der Waals surface area contributed by atoms with Crippen LogP contribution in [0, 0.1) is 0 Å². The standard InChI is InChI=1S/C29H29N7/c1-3-24(30-11-1)28-33-16-26(35-28)21-8-6-18-13-20(7-5-19(18)14-21)23-10-9-22(15-32-23)27-17-34-29(36-27)25-4-2-12-31-25/h5-10,13-17,24-25,30-31H,1-4,11-12H2,(H,33,35)(H,34,36)/t24-,25-/m0/s1. The van der Waals surface area contributed by atoms with Crippen LogP contribution < -0.4 is 10.6 Å². The first kappa shape index (κ1) is 21.5. The van der Waals surface area contributed by atoms with Gasteiger partial charge in [0.2, 0.25) is 0 Å². The summed E-state index contributed by atoms with van der Waals surface area (Å²) in [5, 5.41) is 9.40. The molecule has 0 unspecified atom stereocenters. The zero-order valence-corrected chi connectivity index (χ0v) is 20.1. The molecule has 5 aromatic rings. The topological polar surface area (TPSA) is 94.3 Å². The number of imidazole rings is 2. The molecule has 0 spiro atoms. The van der Waals surface area contributed by atoms with Crippen LogP contribution in [-0.4, -0.2) is 38.0 Å². The Hall–Kier alpha value is -3.81. The van der Waals surface area contributed by atoms with E-state index in [1.165, 1.54) is 23.6 Å². The Morgan fingerprint density at radius 3 is 1.75 bits per heavy atom. The van der Waals surface area contributed by atoms with E-state index in [4.69, 9.17) is 4.98 Å². The molecule has 2 saturated heterocycles. The minimum absolute atomic E-state index is 0.337. The quantitative estimate of drug-likeness (QED) is 0.268. The number of pyridine rings is 1. The highest BCUT2D eigenvalue weighted by Crippen LogP contribution is 2.30. The highest BCUT2D eigenvalue weighted by atomic mass is 15.0. The maximum atomic E-state index is 4.76. The van der Waals surface area contributed by atoms with Crippen molar-refractivity contribution >= 4 is 10.8 Å². The van der Waals surface area contributed by atoms with E-state index in [1.807, 2.05) is 18.6 Å². The van der Waals surface area contributed by atoms with Gasteiger partial charge in [0, 0.05) is 22.9 Å². The Morgan fingerprint density at radius 2 is 1.17 bits per heavy atom. The molecule has 2 atom stereocenters. The van der Waals surface area contributed by atoms with Crippen molar-refractivity contribution < 1.29 is 0 Å². The number of hydrogen-bond acceptors (Lipinski definition) is 5. The van der Waals surface area contributed by atoms with Crippen LogP contribution in [0.3, 0.4) is 0 Å². The van der Waals surface area contributed by atoms with Gasteiger partial charge in [-0.2, -0.15) is 0 Å². The minimum atomic E-state index is 0.337. The normalized spacial score (nSPS) is 19.9. The largest absolute Gasteiger partial charge is 0.341 e. The third-order valence-corrected chi connectivity index (χ3v) is 7.49. The lowest BCUT2D eigenvalue weighted by Crippen LogP contribution is -2.14. The first-order valence-corrected chi connectivity index (χ1v) is 12.9. The fourth-order valence-electron chi connectivity index (χ4n) is 5.45. The summed E-state index contributed by atoms with van der Waals surface area (Å²) in [4.78, 5) is 21.0. The number of benzene rings is 2. The van der Waals surface area contributed by atoms with E-state index in [2.05, 4.69) is 79.1 Å². The molecule has 2 aromatic carbocycles. The second kappa shape index (κ2) is 9.00. The Kier molecular flexibility index (Phi) is 5.37. The molecule has 7 heteroatoms. The highest BCUT2D eigenvalue weighted by Gasteiger charge is 2.20. The van der Waals surface area contributed by atoms with Crippen LogP contribution in [-0.2, 0) is 0 Å². The van der Waals surface area contributed by atoms with Crippen molar-refractivity contribution in [1.82, 2.24) is 35.6 Å². The Balaban J connectivity index is 1.11. The average Bonchev–Trinajstić information content (AvgIpc) is 3.75. The van der Waals surface area contributed by atoms with E-state index in [1.54, 1.807) is 0 Å². The first-order chi connectivity index (χ1) is 17.8. The maximum Gasteiger partial charge on any atom is 0.123 e. The molecule has 2 aliphatic rings. The number of nitrogens with zero attached hydrogens (tertiary/aromatic N) is 3. The number of aromatic amines is 2. The molecule has 36 heavy (non-hydrogen) atoms. The smallest absolute Gasteiger partial charge is 0.123 e. The molecule has 5 heterocycles. The van der Waals surface area contributed by atoms with Gasteiger partial charge in [-0.3, -0.25) is 4.98 Å². The Labute approximate surface area is 209 Å². The van der Waals surface area contributed by atoms with Gasteiger partial charge in [-0.15, -0.1) is 0 Å². The first-order valence-electron chi connectivity index (χ1n) is 12.9. The SMILES string of the molecule is c1cc2cc(-c3cnc([C@@H]4CCCN4)[nH]3)ccc2cc1-c1ccc(-c2cnc([C@@H]3CCCN3)[nH]2)cn1. The molecule has 7 nitrogen and oxygen atoms in total. The summed E-state index contributed by atoms with van der Waals surface area (Å²) in [5.41, 5.74) is 6.35. The van der Waals surface area contributed by atoms with Gasteiger partial charge in [-0.05, 0) is 73.8 Å². The van der Waals surface area contributed by atoms with E-state index >= 15 is 0 Å². The van der Waals surface area contributed by atoms with E-state index in [0.29, 0.717) is 12.1 Å². The van der Waals surface area contributed by atoms with Crippen LogP contribution in [0.25, 0.3) is 44.5 Å². The number of fused-ring (bicyclic) bond motifs is 1. The Morgan fingerprint density at radius 1 is 0.583 bits per heavy atom. The van der Waals surface area contributed by atoms with Crippen molar-refractivity contribution in [1.29, 1.82) is 0 Å². The summed E-state index contributed by atoms with van der Waals surface area (Å²) in [6, 6.07) is 18.0. The van der Waals surface area contributed by atoms with Gasteiger partial charge in [0.05, 0.1) is 41.6 Å². The summed E-state index contributed by atoms with van der Waals surface area (Å²) in [5.74, 6) is 2.05. The lowest BCUT2D eigenvalue weighted by Gasteiger charge is -2.07. The van der Waals surface area contributed by atoms with Crippen LogP contribution in [0.15, 0.2) is 67.1 Å². The number of aromatic nitrogens is 5. The van der Waals surface area contributed by atoms with Crippen molar-refractivity contribution in [2.45, 2.75) is 37.8 Å². The molecule has 0 radical (unpaired) electrons. The predicted molar refractivity (Wildman–Crippen MR) is 142 cm³/mol. The van der Waals surface area contributed by atoms with Gasteiger partial charge in [0.15, 0.2) is 0 Å². The van der Waals surface area contributed by atoms with Crippen LogP contribution in [0.5, 0.6) is 0 Å². The van der Waals surface area contributed by atoms with E-state index in [-0.39, 0.29) is 0 Å². The van der Waals surface area contributed by atoms with E-state index in [9.17, 15) is 0 Å². The number of nitrogens with one attached hydrogen (secondary N) is 4. The fourth-order valence-corrected chi connectivity index (χ4v) is 5.45. The van der Waals surface area contributed by atoms with Gasteiger partial charge in [-0.25, -0.2) is 9.97 Å². The van der Waals surface area contributed by atoms with Crippen molar-refractivity contribution in [3.8, 4) is 33.8 Å². The summed E-state index contributed by atoms with van der Waals surface area (Å²) < 4.78 is 0. The second-order valence-electron chi connectivity index (χ2n) is 9.87. The maximum absolute atomic E-state index is 4.76. The van der Waals surface area contributed by atoms with Gasteiger partial charge < -0.3 is 20.6 Å². The van der Waals surface area contributed by atoms with Gasteiger partial charge in [-0.1, -0.05) is 24.3 Å². The monoisotopic (exact) mass is 475 g/mol. The van der Waals surface area contributed by atoms with E-state index in [0.717, 1.165) is 71.4 Å². The molecular formula is C29H29N7. The summed E-state index contributed by atoms with van der Waals surface area (Å²) in [7, 11) is 0. The molecule has 0 saturated carbocycles. The zero-order valence-electron chi connectivity index (χ0n) is 20.1. The Bertz CT molecular complexity index is 1500. The highest BCUT2D eigenvalue weighted by molar-refractivity contribution is 5.90. The van der Waals surface area contributed by atoms with Crippen molar-refractivity contribution in [3.05, 3.63) is 78.8 Å². The molecule has 4 N–H and O–H groups in total. The predicted octanol–water partition coefficient (Wildman–Crippen LogP) is 5.53. The number of H-pyrrole nitrogens is 2. The summed E-state index contributed by atoms with van der Waals surface area (Å²) in [6.07, 6.45) is 10.5. The minimum Gasteiger partial charge on any atom is -0.341 e. The molecule has 2 aliphatic heterocycles. The van der Waals surface area contributed by atoms with Gasteiger partial charge >= 0.3 is 0 Å². The van der Waals surface area contributed by atoms with Gasteiger partial charge in [0.25, 0.3) is 0 Å².